The highest BCUT2D eigenvalue weighted by atomic mass is 19.1. The summed E-state index contributed by atoms with van der Waals surface area (Å²) in [6.45, 7) is 4.60. The topological polar surface area (TPSA) is 21.3 Å². The van der Waals surface area contributed by atoms with Crippen molar-refractivity contribution in [2.75, 3.05) is 7.05 Å². The normalized spacial score (nSPS) is 12.2. The Bertz CT molecular complexity index is 566. The molecule has 0 aliphatic heterocycles. The van der Waals surface area contributed by atoms with E-state index >= 15 is 0 Å². The van der Waals surface area contributed by atoms with Gasteiger partial charge < -0.3 is 10.1 Å². The first kappa shape index (κ1) is 14.5. The number of hydrogen-bond donors (Lipinski definition) is 1. The second kappa shape index (κ2) is 6.53. The molecule has 0 spiro atoms. The minimum Gasteiger partial charge on any atom is -0.489 e. The molecule has 0 saturated carbocycles. The van der Waals surface area contributed by atoms with Crippen LogP contribution in [0.3, 0.4) is 0 Å². The summed E-state index contributed by atoms with van der Waals surface area (Å²) in [4.78, 5) is 0. The molecule has 2 aromatic carbocycles. The van der Waals surface area contributed by atoms with Gasteiger partial charge in [-0.3, -0.25) is 0 Å². The minimum absolute atomic E-state index is 0.220. The molecule has 2 rings (SSSR count). The van der Waals surface area contributed by atoms with E-state index < -0.39 is 0 Å². The Balaban J connectivity index is 2.14. The molecular formula is C17H20FNO. The van der Waals surface area contributed by atoms with Crippen LogP contribution < -0.4 is 10.1 Å². The maximum atomic E-state index is 12.9. The van der Waals surface area contributed by atoms with E-state index in [4.69, 9.17) is 4.74 Å². The van der Waals surface area contributed by atoms with Gasteiger partial charge in [-0.2, -0.15) is 0 Å². The molecule has 0 saturated heterocycles. The van der Waals surface area contributed by atoms with Crippen LogP contribution in [0.2, 0.25) is 0 Å². The maximum Gasteiger partial charge on any atom is 0.124 e. The van der Waals surface area contributed by atoms with Crippen LogP contribution in [-0.4, -0.2) is 7.05 Å². The fourth-order valence-corrected chi connectivity index (χ4v) is 2.03. The SMILES string of the molecule is CNC(C)c1cc(C)ccc1OCc1ccc(F)cc1. The van der Waals surface area contributed by atoms with E-state index in [1.54, 1.807) is 12.1 Å². The molecular weight excluding hydrogens is 253 g/mol. The average Bonchev–Trinajstić information content (AvgIpc) is 2.46. The highest BCUT2D eigenvalue weighted by Gasteiger charge is 2.10. The van der Waals surface area contributed by atoms with Gasteiger partial charge in [0.15, 0.2) is 0 Å². The number of rotatable bonds is 5. The summed E-state index contributed by atoms with van der Waals surface area (Å²) in [6, 6.07) is 12.7. The van der Waals surface area contributed by atoms with Crippen LogP contribution in [0.4, 0.5) is 4.39 Å². The highest BCUT2D eigenvalue weighted by molar-refractivity contribution is 5.39. The molecule has 0 bridgehead atoms. The molecule has 1 atom stereocenters. The zero-order chi connectivity index (χ0) is 14.5. The van der Waals surface area contributed by atoms with Crippen molar-refractivity contribution in [2.45, 2.75) is 26.5 Å². The van der Waals surface area contributed by atoms with Crippen LogP contribution in [0.5, 0.6) is 5.75 Å². The summed E-state index contributed by atoms with van der Waals surface area (Å²) in [5, 5.41) is 3.22. The van der Waals surface area contributed by atoms with Gasteiger partial charge in [0.05, 0.1) is 0 Å². The molecule has 0 aromatic heterocycles. The first-order valence-electron chi connectivity index (χ1n) is 6.75. The fraction of sp³-hybridized carbons (Fsp3) is 0.294. The third kappa shape index (κ3) is 3.58. The van der Waals surface area contributed by atoms with E-state index in [2.05, 4.69) is 25.2 Å². The van der Waals surface area contributed by atoms with Crippen LogP contribution in [0.25, 0.3) is 0 Å². The molecule has 0 amide bonds. The number of nitrogens with one attached hydrogen (secondary N) is 1. The monoisotopic (exact) mass is 273 g/mol. The largest absolute Gasteiger partial charge is 0.489 e. The molecule has 20 heavy (non-hydrogen) atoms. The zero-order valence-electron chi connectivity index (χ0n) is 12.1. The number of aryl methyl sites for hydroxylation is 1. The van der Waals surface area contributed by atoms with Gasteiger partial charge in [0.1, 0.15) is 18.2 Å². The second-order valence-corrected chi connectivity index (χ2v) is 4.97. The van der Waals surface area contributed by atoms with Crippen molar-refractivity contribution in [2.24, 2.45) is 0 Å². The molecule has 106 valence electrons. The van der Waals surface area contributed by atoms with Crippen molar-refractivity contribution in [1.82, 2.24) is 5.32 Å². The standard InChI is InChI=1S/C17H20FNO/c1-12-4-9-17(16(10-12)13(2)19-3)20-11-14-5-7-15(18)8-6-14/h4-10,13,19H,11H2,1-3H3. The van der Waals surface area contributed by atoms with E-state index in [-0.39, 0.29) is 11.9 Å². The Morgan fingerprint density at radius 1 is 1.15 bits per heavy atom. The number of hydrogen-bond acceptors (Lipinski definition) is 2. The Hall–Kier alpha value is -1.87. The van der Waals surface area contributed by atoms with Crippen molar-refractivity contribution in [3.63, 3.8) is 0 Å². The molecule has 2 nitrogen and oxygen atoms in total. The van der Waals surface area contributed by atoms with Gasteiger partial charge in [0.25, 0.3) is 0 Å². The summed E-state index contributed by atoms with van der Waals surface area (Å²) < 4.78 is 18.7. The molecule has 0 radical (unpaired) electrons. The predicted molar refractivity (Wildman–Crippen MR) is 79.4 cm³/mol. The molecule has 0 heterocycles. The summed E-state index contributed by atoms with van der Waals surface area (Å²) in [7, 11) is 1.93. The van der Waals surface area contributed by atoms with Gasteiger partial charge >= 0.3 is 0 Å². The summed E-state index contributed by atoms with van der Waals surface area (Å²) in [5.41, 5.74) is 3.29. The molecule has 3 heteroatoms. The molecule has 0 aliphatic rings. The van der Waals surface area contributed by atoms with Crippen LogP contribution in [0, 0.1) is 12.7 Å². The number of halogens is 1. The van der Waals surface area contributed by atoms with E-state index in [1.165, 1.54) is 17.7 Å². The first-order valence-corrected chi connectivity index (χ1v) is 6.75. The van der Waals surface area contributed by atoms with E-state index in [9.17, 15) is 4.39 Å². The summed E-state index contributed by atoms with van der Waals surface area (Å²) in [5.74, 6) is 0.635. The van der Waals surface area contributed by atoms with Gasteiger partial charge in [0, 0.05) is 11.6 Å². The summed E-state index contributed by atoms with van der Waals surface area (Å²) >= 11 is 0. The molecule has 0 fully saturated rings. The van der Waals surface area contributed by atoms with Crippen molar-refractivity contribution < 1.29 is 9.13 Å². The minimum atomic E-state index is -0.228. The number of benzene rings is 2. The van der Waals surface area contributed by atoms with Gasteiger partial charge in [-0.05, 0) is 44.7 Å². The Kier molecular flexibility index (Phi) is 4.74. The molecule has 0 aliphatic carbocycles. The zero-order valence-corrected chi connectivity index (χ0v) is 12.1. The molecule has 1 N–H and O–H groups in total. The van der Waals surface area contributed by atoms with Crippen LogP contribution in [0.15, 0.2) is 42.5 Å². The lowest BCUT2D eigenvalue weighted by Gasteiger charge is -2.17. The van der Waals surface area contributed by atoms with Crippen molar-refractivity contribution >= 4 is 0 Å². The van der Waals surface area contributed by atoms with Crippen molar-refractivity contribution in [3.8, 4) is 5.75 Å². The molecule has 2 aromatic rings. The van der Waals surface area contributed by atoms with E-state index in [1.807, 2.05) is 19.2 Å². The molecule has 1 unspecified atom stereocenters. The maximum absolute atomic E-state index is 12.9. The van der Waals surface area contributed by atoms with Gasteiger partial charge in [-0.25, -0.2) is 4.39 Å². The predicted octanol–water partition coefficient (Wildman–Crippen LogP) is 3.99. The summed E-state index contributed by atoms with van der Waals surface area (Å²) in [6.07, 6.45) is 0. The van der Waals surface area contributed by atoms with E-state index in [0.717, 1.165) is 16.9 Å². The van der Waals surface area contributed by atoms with Crippen molar-refractivity contribution in [3.05, 3.63) is 65.0 Å². The number of ether oxygens (including phenoxy) is 1. The van der Waals surface area contributed by atoms with Crippen molar-refractivity contribution in [1.29, 1.82) is 0 Å². The van der Waals surface area contributed by atoms with Crippen LogP contribution in [0.1, 0.15) is 29.7 Å². The second-order valence-electron chi connectivity index (χ2n) is 4.97. The third-order valence-electron chi connectivity index (χ3n) is 3.37. The van der Waals surface area contributed by atoms with Gasteiger partial charge in [-0.15, -0.1) is 0 Å². The lowest BCUT2D eigenvalue weighted by molar-refractivity contribution is 0.300. The van der Waals surface area contributed by atoms with Gasteiger partial charge in [-0.1, -0.05) is 29.8 Å². The Morgan fingerprint density at radius 2 is 1.85 bits per heavy atom. The smallest absolute Gasteiger partial charge is 0.124 e. The average molecular weight is 273 g/mol. The fourth-order valence-electron chi connectivity index (χ4n) is 2.03. The lowest BCUT2D eigenvalue weighted by atomic mass is 10.0. The lowest BCUT2D eigenvalue weighted by Crippen LogP contribution is -2.14. The first-order chi connectivity index (χ1) is 9.60. The van der Waals surface area contributed by atoms with Crippen LogP contribution in [-0.2, 0) is 6.61 Å². The quantitative estimate of drug-likeness (QED) is 0.889. The Morgan fingerprint density at radius 3 is 2.50 bits per heavy atom. The van der Waals surface area contributed by atoms with Crippen LogP contribution >= 0.6 is 0 Å². The highest BCUT2D eigenvalue weighted by Crippen LogP contribution is 2.27. The third-order valence-corrected chi connectivity index (χ3v) is 3.37. The van der Waals surface area contributed by atoms with E-state index in [0.29, 0.717) is 6.61 Å². The van der Waals surface area contributed by atoms with Gasteiger partial charge in [0.2, 0.25) is 0 Å². The Labute approximate surface area is 119 Å².